The van der Waals surface area contributed by atoms with Crippen LogP contribution >= 0.6 is 11.3 Å². The fourth-order valence-corrected chi connectivity index (χ4v) is 3.93. The summed E-state index contributed by atoms with van der Waals surface area (Å²) in [6.45, 7) is 5.31. The number of carbonyl (C=O) groups excluding carboxylic acids is 2. The highest BCUT2D eigenvalue weighted by Gasteiger charge is 2.27. The molecule has 27 heavy (non-hydrogen) atoms. The molecule has 1 fully saturated rings. The number of anilines is 2. The Bertz CT molecular complexity index is 819. The van der Waals surface area contributed by atoms with Crippen LogP contribution in [0.25, 0.3) is 0 Å². The molecule has 2 N–H and O–H groups in total. The number of nitrogens with zero attached hydrogens (tertiary/aromatic N) is 2. The molecule has 1 unspecified atom stereocenters. The lowest BCUT2D eigenvalue weighted by molar-refractivity contribution is -0.123. The Balaban J connectivity index is 1.53. The number of amides is 2. The molecular formula is C19H23FN4O2S. The van der Waals surface area contributed by atoms with Crippen molar-refractivity contribution in [2.45, 2.75) is 26.7 Å². The van der Waals surface area contributed by atoms with Crippen molar-refractivity contribution in [1.82, 2.24) is 9.88 Å². The van der Waals surface area contributed by atoms with Gasteiger partial charge >= 0.3 is 0 Å². The second kappa shape index (κ2) is 8.58. The summed E-state index contributed by atoms with van der Waals surface area (Å²) in [6, 6.07) is 6.12. The molecule has 2 amide bonds. The van der Waals surface area contributed by atoms with Crippen LogP contribution in [0.1, 0.15) is 23.4 Å². The van der Waals surface area contributed by atoms with Crippen LogP contribution in [-0.4, -0.2) is 41.3 Å². The second-order valence-electron chi connectivity index (χ2n) is 6.75. The Hall–Kier alpha value is -2.32. The van der Waals surface area contributed by atoms with Gasteiger partial charge in [0.05, 0.1) is 23.8 Å². The van der Waals surface area contributed by atoms with E-state index in [0.717, 1.165) is 30.0 Å². The van der Waals surface area contributed by atoms with Gasteiger partial charge in [0.1, 0.15) is 5.82 Å². The summed E-state index contributed by atoms with van der Waals surface area (Å²) in [7, 11) is 0. The SMILES string of the molecule is Cc1nc(NC(=O)CN2CCCC(C(=O)Nc3ccccc3F)C2)sc1C. The van der Waals surface area contributed by atoms with Crippen LogP contribution in [0.4, 0.5) is 15.2 Å². The zero-order valence-corrected chi connectivity index (χ0v) is 16.2. The maximum absolute atomic E-state index is 13.7. The van der Waals surface area contributed by atoms with E-state index in [1.807, 2.05) is 18.7 Å². The van der Waals surface area contributed by atoms with E-state index < -0.39 is 5.82 Å². The number of likely N-dealkylation sites (tertiary alicyclic amines) is 1. The number of nitrogens with one attached hydrogen (secondary N) is 2. The Morgan fingerprint density at radius 1 is 1.30 bits per heavy atom. The van der Waals surface area contributed by atoms with Crippen molar-refractivity contribution in [3.8, 4) is 0 Å². The summed E-state index contributed by atoms with van der Waals surface area (Å²) in [5.41, 5.74) is 1.10. The van der Waals surface area contributed by atoms with Crippen LogP contribution in [0.3, 0.4) is 0 Å². The van der Waals surface area contributed by atoms with E-state index in [1.54, 1.807) is 18.2 Å². The molecule has 3 rings (SSSR count). The first-order valence-electron chi connectivity index (χ1n) is 8.94. The van der Waals surface area contributed by atoms with Crippen LogP contribution < -0.4 is 10.6 Å². The van der Waals surface area contributed by atoms with Crippen LogP contribution in [-0.2, 0) is 9.59 Å². The van der Waals surface area contributed by atoms with Crippen LogP contribution in [0.2, 0.25) is 0 Å². The van der Waals surface area contributed by atoms with Gasteiger partial charge in [-0.05, 0) is 45.4 Å². The first-order valence-corrected chi connectivity index (χ1v) is 9.75. The molecule has 0 saturated carbocycles. The molecule has 2 heterocycles. The van der Waals surface area contributed by atoms with Crippen molar-refractivity contribution in [2.24, 2.45) is 5.92 Å². The molecule has 1 aromatic carbocycles. The largest absolute Gasteiger partial charge is 0.323 e. The third-order valence-electron chi connectivity index (χ3n) is 4.65. The number of hydrogen-bond donors (Lipinski definition) is 2. The quantitative estimate of drug-likeness (QED) is 0.822. The lowest BCUT2D eigenvalue weighted by atomic mass is 9.97. The third kappa shape index (κ3) is 5.11. The molecule has 1 aliphatic rings. The van der Waals surface area contributed by atoms with E-state index in [-0.39, 0.29) is 30.0 Å². The van der Waals surface area contributed by atoms with Gasteiger partial charge in [-0.25, -0.2) is 9.37 Å². The number of rotatable bonds is 5. The number of thiazole rings is 1. The van der Waals surface area contributed by atoms with Gasteiger partial charge in [-0.2, -0.15) is 0 Å². The van der Waals surface area contributed by atoms with E-state index in [4.69, 9.17) is 0 Å². The maximum atomic E-state index is 13.7. The Kier molecular flexibility index (Phi) is 6.18. The zero-order chi connectivity index (χ0) is 19.4. The minimum Gasteiger partial charge on any atom is -0.323 e. The van der Waals surface area contributed by atoms with Crippen molar-refractivity contribution in [3.63, 3.8) is 0 Å². The maximum Gasteiger partial charge on any atom is 0.240 e. The number of aromatic nitrogens is 1. The molecular weight excluding hydrogens is 367 g/mol. The van der Waals surface area contributed by atoms with E-state index >= 15 is 0 Å². The van der Waals surface area contributed by atoms with Crippen LogP contribution in [0.5, 0.6) is 0 Å². The molecule has 0 spiro atoms. The van der Waals surface area contributed by atoms with Crippen LogP contribution in [0, 0.1) is 25.6 Å². The molecule has 1 atom stereocenters. The van der Waals surface area contributed by atoms with Crippen LogP contribution in [0.15, 0.2) is 24.3 Å². The smallest absolute Gasteiger partial charge is 0.240 e. The van der Waals surface area contributed by atoms with Crippen molar-refractivity contribution >= 4 is 34.0 Å². The molecule has 0 bridgehead atoms. The van der Waals surface area contributed by atoms with Crippen molar-refractivity contribution in [1.29, 1.82) is 0 Å². The van der Waals surface area contributed by atoms with E-state index in [0.29, 0.717) is 11.7 Å². The van der Waals surface area contributed by atoms with Gasteiger partial charge in [0, 0.05) is 11.4 Å². The molecule has 6 nitrogen and oxygen atoms in total. The van der Waals surface area contributed by atoms with E-state index in [1.165, 1.54) is 17.4 Å². The molecule has 2 aromatic rings. The molecule has 0 radical (unpaired) electrons. The van der Waals surface area contributed by atoms with Gasteiger partial charge < -0.3 is 10.6 Å². The normalized spacial score (nSPS) is 17.5. The first-order chi connectivity index (χ1) is 12.9. The van der Waals surface area contributed by atoms with Gasteiger partial charge in [-0.3, -0.25) is 14.5 Å². The number of carbonyl (C=O) groups is 2. The monoisotopic (exact) mass is 390 g/mol. The highest BCUT2D eigenvalue weighted by Crippen LogP contribution is 2.22. The highest BCUT2D eigenvalue weighted by molar-refractivity contribution is 7.15. The fraction of sp³-hybridized carbons (Fsp3) is 0.421. The first kappa shape index (κ1) is 19.4. The number of piperidine rings is 1. The summed E-state index contributed by atoms with van der Waals surface area (Å²) in [4.78, 5) is 32.1. The molecule has 1 aliphatic heterocycles. The highest BCUT2D eigenvalue weighted by atomic mass is 32.1. The summed E-state index contributed by atoms with van der Waals surface area (Å²) in [5.74, 6) is -1.07. The predicted octanol–water partition coefficient (Wildman–Crippen LogP) is 3.19. The van der Waals surface area contributed by atoms with Gasteiger partial charge in [0.2, 0.25) is 11.8 Å². The van der Waals surface area contributed by atoms with Gasteiger partial charge in [-0.15, -0.1) is 11.3 Å². The van der Waals surface area contributed by atoms with Gasteiger partial charge in [0.15, 0.2) is 5.13 Å². The summed E-state index contributed by atoms with van der Waals surface area (Å²) in [6.07, 6.45) is 1.54. The lowest BCUT2D eigenvalue weighted by Crippen LogP contribution is -2.44. The summed E-state index contributed by atoms with van der Waals surface area (Å²) < 4.78 is 13.7. The molecule has 0 aliphatic carbocycles. The number of halogens is 1. The summed E-state index contributed by atoms with van der Waals surface area (Å²) >= 11 is 1.45. The van der Waals surface area contributed by atoms with E-state index in [2.05, 4.69) is 15.6 Å². The Morgan fingerprint density at radius 2 is 2.07 bits per heavy atom. The Morgan fingerprint density at radius 3 is 2.78 bits per heavy atom. The number of para-hydroxylation sites is 1. The standard InChI is InChI=1S/C19H23FN4O2S/c1-12-13(2)27-19(21-12)23-17(25)11-24-9-5-6-14(10-24)18(26)22-16-8-4-3-7-15(16)20/h3-4,7-8,14H,5-6,9-11H2,1-2H3,(H,22,26)(H,21,23,25). The van der Waals surface area contributed by atoms with Gasteiger partial charge in [0.25, 0.3) is 0 Å². The molecule has 144 valence electrons. The second-order valence-corrected chi connectivity index (χ2v) is 7.96. The number of aryl methyl sites for hydroxylation is 2. The van der Waals surface area contributed by atoms with Crippen molar-refractivity contribution in [3.05, 3.63) is 40.7 Å². The minimum atomic E-state index is -0.452. The van der Waals surface area contributed by atoms with Gasteiger partial charge in [-0.1, -0.05) is 12.1 Å². The molecule has 1 aromatic heterocycles. The average molecular weight is 390 g/mol. The predicted molar refractivity (Wildman–Crippen MR) is 104 cm³/mol. The third-order valence-corrected chi connectivity index (χ3v) is 5.64. The van der Waals surface area contributed by atoms with Crippen molar-refractivity contribution in [2.75, 3.05) is 30.3 Å². The molecule has 1 saturated heterocycles. The zero-order valence-electron chi connectivity index (χ0n) is 15.4. The van der Waals surface area contributed by atoms with Crippen molar-refractivity contribution < 1.29 is 14.0 Å². The average Bonchev–Trinajstić information content (AvgIpc) is 2.94. The topological polar surface area (TPSA) is 74.3 Å². The number of benzene rings is 1. The minimum absolute atomic E-state index is 0.140. The lowest BCUT2D eigenvalue weighted by Gasteiger charge is -2.31. The molecule has 8 heteroatoms. The fourth-order valence-electron chi connectivity index (χ4n) is 3.10. The van der Waals surface area contributed by atoms with E-state index in [9.17, 15) is 14.0 Å². The number of hydrogen-bond acceptors (Lipinski definition) is 5. The summed E-state index contributed by atoms with van der Waals surface area (Å²) in [5, 5.41) is 6.07. The Labute approximate surface area is 161 Å².